The van der Waals surface area contributed by atoms with E-state index in [9.17, 15) is 0 Å². The maximum atomic E-state index is 5.06. The summed E-state index contributed by atoms with van der Waals surface area (Å²) in [6, 6.07) is 2.22. The van der Waals surface area contributed by atoms with Gasteiger partial charge in [-0.05, 0) is 33.0 Å². The summed E-state index contributed by atoms with van der Waals surface area (Å²) in [5, 5.41) is 10.6. The Kier molecular flexibility index (Phi) is 3.88. The van der Waals surface area contributed by atoms with Crippen LogP contribution in [0.25, 0.3) is 0 Å². The van der Waals surface area contributed by atoms with Crippen molar-refractivity contribution in [1.82, 2.24) is 15.8 Å². The summed E-state index contributed by atoms with van der Waals surface area (Å²) in [4.78, 5) is 0. The van der Waals surface area contributed by atoms with Gasteiger partial charge in [0, 0.05) is 12.1 Å². The van der Waals surface area contributed by atoms with E-state index in [2.05, 4.69) is 15.8 Å². The molecule has 0 spiro atoms. The predicted octanol–water partition coefficient (Wildman–Crippen LogP) is 1.36. The third-order valence-corrected chi connectivity index (χ3v) is 1.79. The summed E-state index contributed by atoms with van der Waals surface area (Å²) in [5.41, 5.74) is 0.857. The number of thiocarbonyl (C=S) groups is 1. The van der Waals surface area contributed by atoms with E-state index < -0.39 is 0 Å². The van der Waals surface area contributed by atoms with Crippen molar-refractivity contribution < 1.29 is 4.52 Å². The summed E-state index contributed by atoms with van der Waals surface area (Å²) in [6.07, 6.45) is 0. The molecule has 0 saturated carbocycles. The Bertz CT molecular complexity index is 309. The van der Waals surface area contributed by atoms with Crippen molar-refractivity contribution in [3.05, 3.63) is 17.5 Å². The molecule has 0 aliphatic rings. The van der Waals surface area contributed by atoms with Crippen molar-refractivity contribution in [3.8, 4) is 0 Å². The van der Waals surface area contributed by atoms with Gasteiger partial charge in [0.2, 0.25) is 0 Å². The molecule has 0 amide bonds. The van der Waals surface area contributed by atoms with Crippen LogP contribution in [-0.2, 0) is 6.54 Å². The molecule has 5 heteroatoms. The molecule has 0 atom stereocenters. The van der Waals surface area contributed by atoms with Gasteiger partial charge in [0.15, 0.2) is 5.11 Å². The Hall–Kier alpha value is -1.10. The molecular weight excluding hydrogens is 198 g/mol. The summed E-state index contributed by atoms with van der Waals surface area (Å²) >= 11 is 5.06. The van der Waals surface area contributed by atoms with E-state index in [-0.39, 0.29) is 0 Å². The molecule has 14 heavy (non-hydrogen) atoms. The molecule has 0 unspecified atom stereocenters. The van der Waals surface area contributed by atoms with Gasteiger partial charge in [0.05, 0.1) is 6.54 Å². The van der Waals surface area contributed by atoms with Gasteiger partial charge < -0.3 is 15.2 Å². The molecule has 0 fully saturated rings. The van der Waals surface area contributed by atoms with Crippen LogP contribution in [0.5, 0.6) is 0 Å². The van der Waals surface area contributed by atoms with Gasteiger partial charge >= 0.3 is 0 Å². The van der Waals surface area contributed by atoms with E-state index >= 15 is 0 Å². The highest BCUT2D eigenvalue weighted by Gasteiger charge is 2.01. The zero-order chi connectivity index (χ0) is 10.6. The minimum atomic E-state index is 0.342. The Morgan fingerprint density at radius 2 is 2.36 bits per heavy atom. The summed E-state index contributed by atoms with van der Waals surface area (Å²) in [6.45, 7) is 6.53. The van der Waals surface area contributed by atoms with Crippen LogP contribution in [-0.4, -0.2) is 16.3 Å². The average molecular weight is 213 g/mol. The second-order valence-corrected chi connectivity index (χ2v) is 3.82. The monoisotopic (exact) mass is 213 g/mol. The van der Waals surface area contributed by atoms with Crippen molar-refractivity contribution in [2.45, 2.75) is 33.4 Å². The van der Waals surface area contributed by atoms with Crippen LogP contribution in [0.3, 0.4) is 0 Å². The van der Waals surface area contributed by atoms with Gasteiger partial charge in [-0.1, -0.05) is 5.16 Å². The highest BCUT2D eigenvalue weighted by molar-refractivity contribution is 7.80. The molecule has 0 aliphatic carbocycles. The Labute approximate surface area is 89.0 Å². The number of aromatic nitrogens is 1. The number of hydrogen-bond donors (Lipinski definition) is 2. The number of nitrogens with one attached hydrogen (secondary N) is 2. The number of nitrogens with zero attached hydrogens (tertiary/aromatic N) is 1. The average Bonchev–Trinajstić information content (AvgIpc) is 2.47. The fourth-order valence-corrected chi connectivity index (χ4v) is 1.29. The van der Waals surface area contributed by atoms with Crippen molar-refractivity contribution in [2.24, 2.45) is 0 Å². The zero-order valence-corrected chi connectivity index (χ0v) is 9.44. The highest BCUT2D eigenvalue weighted by Crippen LogP contribution is 2.00. The molecule has 1 rings (SSSR count). The summed E-state index contributed by atoms with van der Waals surface area (Å²) < 4.78 is 4.92. The topological polar surface area (TPSA) is 50.1 Å². The lowest BCUT2D eigenvalue weighted by atomic mass is 10.4. The molecule has 1 aromatic heterocycles. The van der Waals surface area contributed by atoms with Gasteiger partial charge in [0.1, 0.15) is 11.5 Å². The number of hydrogen-bond acceptors (Lipinski definition) is 3. The quantitative estimate of drug-likeness (QED) is 0.742. The third kappa shape index (κ3) is 3.74. The van der Waals surface area contributed by atoms with Crippen LogP contribution >= 0.6 is 12.2 Å². The number of rotatable bonds is 3. The minimum Gasteiger partial charge on any atom is -0.361 e. The van der Waals surface area contributed by atoms with E-state index in [1.54, 1.807) is 0 Å². The van der Waals surface area contributed by atoms with Gasteiger partial charge in [-0.2, -0.15) is 0 Å². The van der Waals surface area contributed by atoms with Crippen molar-refractivity contribution in [3.63, 3.8) is 0 Å². The van der Waals surface area contributed by atoms with Crippen LogP contribution < -0.4 is 10.6 Å². The fraction of sp³-hybridized carbons (Fsp3) is 0.556. The first-order valence-electron chi connectivity index (χ1n) is 4.54. The predicted molar refractivity (Wildman–Crippen MR) is 58.9 cm³/mol. The van der Waals surface area contributed by atoms with Gasteiger partial charge in [-0.15, -0.1) is 0 Å². The molecule has 1 aromatic rings. The first kappa shape index (κ1) is 11.0. The third-order valence-electron chi connectivity index (χ3n) is 1.53. The van der Waals surface area contributed by atoms with Crippen LogP contribution in [0, 0.1) is 6.92 Å². The van der Waals surface area contributed by atoms with E-state index in [1.807, 2.05) is 26.8 Å². The molecule has 2 N–H and O–H groups in total. The molecule has 1 heterocycles. The highest BCUT2D eigenvalue weighted by atomic mass is 32.1. The van der Waals surface area contributed by atoms with E-state index in [0.717, 1.165) is 11.5 Å². The van der Waals surface area contributed by atoms with Crippen molar-refractivity contribution in [2.75, 3.05) is 0 Å². The first-order chi connectivity index (χ1) is 6.58. The smallest absolute Gasteiger partial charge is 0.166 e. The lowest BCUT2D eigenvalue weighted by molar-refractivity contribution is 0.390. The second-order valence-electron chi connectivity index (χ2n) is 3.41. The zero-order valence-electron chi connectivity index (χ0n) is 8.63. The lowest BCUT2D eigenvalue weighted by Gasteiger charge is -2.11. The molecular formula is C9H15N3OS. The Morgan fingerprint density at radius 1 is 1.64 bits per heavy atom. The van der Waals surface area contributed by atoms with Gasteiger partial charge in [-0.25, -0.2) is 0 Å². The van der Waals surface area contributed by atoms with Crippen LogP contribution in [0.1, 0.15) is 25.3 Å². The molecule has 78 valence electrons. The molecule has 4 nitrogen and oxygen atoms in total. The SMILES string of the molecule is Cc1cc(CNC(=S)NC(C)C)no1. The molecule has 0 aromatic carbocycles. The van der Waals surface area contributed by atoms with Crippen LogP contribution in [0.15, 0.2) is 10.6 Å². The fourth-order valence-electron chi connectivity index (χ4n) is 0.985. The van der Waals surface area contributed by atoms with Gasteiger partial charge in [-0.3, -0.25) is 0 Å². The normalized spacial score (nSPS) is 10.3. The molecule has 0 aliphatic heterocycles. The van der Waals surface area contributed by atoms with Crippen LogP contribution in [0.4, 0.5) is 0 Å². The minimum absolute atomic E-state index is 0.342. The van der Waals surface area contributed by atoms with Crippen LogP contribution in [0.2, 0.25) is 0 Å². The standard InChI is InChI=1S/C9H15N3OS/c1-6(2)11-9(14)10-5-8-4-7(3)13-12-8/h4,6H,5H2,1-3H3,(H2,10,11,14). The molecule has 0 saturated heterocycles. The second kappa shape index (κ2) is 4.95. The molecule has 0 radical (unpaired) electrons. The maximum Gasteiger partial charge on any atom is 0.166 e. The Morgan fingerprint density at radius 3 is 2.86 bits per heavy atom. The lowest BCUT2D eigenvalue weighted by Crippen LogP contribution is -2.38. The van der Waals surface area contributed by atoms with Crippen molar-refractivity contribution >= 4 is 17.3 Å². The van der Waals surface area contributed by atoms with E-state index in [4.69, 9.17) is 16.7 Å². The summed E-state index contributed by atoms with van der Waals surface area (Å²) in [5.74, 6) is 0.810. The summed E-state index contributed by atoms with van der Waals surface area (Å²) in [7, 11) is 0. The van der Waals surface area contributed by atoms with E-state index in [0.29, 0.717) is 17.7 Å². The maximum absolute atomic E-state index is 5.06. The first-order valence-corrected chi connectivity index (χ1v) is 4.95. The van der Waals surface area contributed by atoms with Gasteiger partial charge in [0.25, 0.3) is 0 Å². The largest absolute Gasteiger partial charge is 0.361 e. The Balaban J connectivity index is 2.30. The number of aryl methyl sites for hydroxylation is 1. The van der Waals surface area contributed by atoms with Crippen molar-refractivity contribution in [1.29, 1.82) is 0 Å². The van der Waals surface area contributed by atoms with E-state index in [1.165, 1.54) is 0 Å². The molecule has 0 bridgehead atoms.